The van der Waals surface area contributed by atoms with Crippen molar-refractivity contribution >= 4 is 41.1 Å². The first-order chi connectivity index (χ1) is 15.4. The minimum Gasteiger partial charge on any atom is -0.393 e. The molecule has 3 heterocycles. The standard InChI is InChI=1S/C23H15NO7S/c25-17(11-5-2-1-3-6-11)24-23-9-8-22(12-7-4-10-32-12,13-15(23)20(28)30-18(13)26)14-16(23)21(29)31-19(14)27/h1-10,13-16H,(H,24,25)/t13-,14+,15+,16-,22?,23?. The fourth-order valence-corrected chi connectivity index (χ4v) is 6.91. The van der Waals surface area contributed by atoms with Gasteiger partial charge in [-0.15, -0.1) is 11.3 Å². The van der Waals surface area contributed by atoms with Crippen molar-refractivity contribution in [2.75, 3.05) is 0 Å². The molecule has 9 heteroatoms. The van der Waals surface area contributed by atoms with Gasteiger partial charge in [-0.25, -0.2) is 0 Å². The van der Waals surface area contributed by atoms with Crippen LogP contribution in [0.15, 0.2) is 60.0 Å². The number of carbonyl (C=O) groups excluding carboxylic acids is 5. The quantitative estimate of drug-likeness (QED) is 0.427. The monoisotopic (exact) mass is 449 g/mol. The van der Waals surface area contributed by atoms with Crippen molar-refractivity contribution in [1.29, 1.82) is 0 Å². The summed E-state index contributed by atoms with van der Waals surface area (Å²) in [4.78, 5) is 65.6. The Bertz CT molecular complexity index is 1190. The molecule has 2 bridgehead atoms. The van der Waals surface area contributed by atoms with E-state index in [-0.39, 0.29) is 0 Å². The summed E-state index contributed by atoms with van der Waals surface area (Å²) < 4.78 is 10.1. The molecule has 1 aromatic heterocycles. The number of allylic oxidation sites excluding steroid dienone is 1. The van der Waals surface area contributed by atoms with Crippen LogP contribution in [-0.4, -0.2) is 35.3 Å². The summed E-state index contributed by atoms with van der Waals surface area (Å²) in [6, 6.07) is 11.8. The van der Waals surface area contributed by atoms with Crippen LogP contribution in [0.3, 0.4) is 0 Å². The second-order valence-electron chi connectivity index (χ2n) is 8.39. The second-order valence-corrected chi connectivity index (χ2v) is 9.34. The van der Waals surface area contributed by atoms with Gasteiger partial charge in [0, 0.05) is 10.4 Å². The molecule has 2 saturated heterocycles. The lowest BCUT2D eigenvalue weighted by molar-refractivity contribution is -0.154. The van der Waals surface area contributed by atoms with E-state index in [4.69, 9.17) is 9.47 Å². The number of nitrogens with one attached hydrogen (secondary N) is 1. The first kappa shape index (κ1) is 19.1. The Labute approximate surface area is 185 Å². The van der Waals surface area contributed by atoms with Crippen molar-refractivity contribution in [3.05, 3.63) is 70.4 Å². The molecule has 2 unspecified atom stereocenters. The summed E-state index contributed by atoms with van der Waals surface area (Å²) in [5.41, 5.74) is -2.59. The van der Waals surface area contributed by atoms with Crippen LogP contribution in [0.5, 0.6) is 0 Å². The molecule has 160 valence electrons. The minimum atomic E-state index is -1.63. The van der Waals surface area contributed by atoms with E-state index in [1.54, 1.807) is 60.0 Å². The molecule has 0 radical (unpaired) electrons. The van der Waals surface area contributed by atoms with Crippen molar-refractivity contribution in [2.24, 2.45) is 23.7 Å². The van der Waals surface area contributed by atoms with E-state index in [0.29, 0.717) is 10.4 Å². The number of carbonyl (C=O) groups is 5. The molecular weight excluding hydrogens is 434 g/mol. The van der Waals surface area contributed by atoms with Gasteiger partial charge in [0.25, 0.3) is 5.91 Å². The Morgan fingerprint density at radius 2 is 1.38 bits per heavy atom. The van der Waals surface area contributed by atoms with E-state index in [1.807, 2.05) is 0 Å². The third kappa shape index (κ3) is 2.13. The Balaban J connectivity index is 1.60. The fourth-order valence-electron chi connectivity index (χ4n) is 5.93. The summed E-state index contributed by atoms with van der Waals surface area (Å²) in [5, 5.41) is 4.61. The zero-order chi connectivity index (χ0) is 22.3. The van der Waals surface area contributed by atoms with Crippen LogP contribution in [0.2, 0.25) is 0 Å². The number of thiophene rings is 1. The maximum Gasteiger partial charge on any atom is 0.320 e. The van der Waals surface area contributed by atoms with Gasteiger partial charge >= 0.3 is 23.9 Å². The lowest BCUT2D eigenvalue weighted by Crippen LogP contribution is -2.73. The summed E-state index contributed by atoms with van der Waals surface area (Å²) in [5.74, 6) is -8.25. The van der Waals surface area contributed by atoms with Crippen LogP contribution < -0.4 is 5.32 Å². The van der Waals surface area contributed by atoms with Crippen molar-refractivity contribution in [1.82, 2.24) is 5.32 Å². The highest BCUT2D eigenvalue weighted by atomic mass is 32.1. The van der Waals surface area contributed by atoms with Gasteiger partial charge in [0.05, 0.1) is 34.6 Å². The van der Waals surface area contributed by atoms with Crippen molar-refractivity contribution < 1.29 is 33.4 Å². The molecule has 2 aliphatic heterocycles. The van der Waals surface area contributed by atoms with Gasteiger partial charge in [-0.2, -0.15) is 0 Å². The Morgan fingerprint density at radius 1 is 0.781 bits per heavy atom. The number of cyclic esters (lactones) is 4. The van der Waals surface area contributed by atoms with Crippen LogP contribution in [0.1, 0.15) is 15.2 Å². The fraction of sp³-hybridized carbons (Fsp3) is 0.261. The molecule has 8 nitrogen and oxygen atoms in total. The third-order valence-corrected chi connectivity index (χ3v) is 8.13. The number of amides is 1. The van der Waals surface area contributed by atoms with E-state index < -0.39 is 64.4 Å². The van der Waals surface area contributed by atoms with Gasteiger partial charge in [-0.3, -0.25) is 24.0 Å². The van der Waals surface area contributed by atoms with Crippen LogP contribution in [0, 0.1) is 23.7 Å². The van der Waals surface area contributed by atoms with Crippen molar-refractivity contribution in [3.63, 3.8) is 0 Å². The first-order valence-electron chi connectivity index (χ1n) is 10.0. The number of rotatable bonds is 3. The van der Waals surface area contributed by atoms with Gasteiger partial charge < -0.3 is 14.8 Å². The zero-order valence-electron chi connectivity index (χ0n) is 16.3. The van der Waals surface area contributed by atoms with Crippen LogP contribution in [0.4, 0.5) is 0 Å². The normalized spacial score (nSPS) is 36.5. The Morgan fingerprint density at radius 3 is 1.94 bits per heavy atom. The van der Waals surface area contributed by atoms with Crippen molar-refractivity contribution in [3.8, 4) is 0 Å². The highest BCUT2D eigenvalue weighted by molar-refractivity contribution is 7.10. The van der Waals surface area contributed by atoms with E-state index in [0.717, 1.165) is 0 Å². The van der Waals surface area contributed by atoms with E-state index >= 15 is 0 Å². The molecule has 3 aliphatic carbocycles. The zero-order valence-corrected chi connectivity index (χ0v) is 17.2. The Hall–Kier alpha value is -3.59. The molecule has 5 aliphatic rings. The highest BCUT2D eigenvalue weighted by Gasteiger charge is 2.80. The highest BCUT2D eigenvalue weighted by Crippen LogP contribution is 2.65. The molecular formula is C23H15NO7S. The predicted octanol–water partition coefficient (Wildman–Crippen LogP) is 1.37. The average molecular weight is 449 g/mol. The number of benzene rings is 1. The van der Waals surface area contributed by atoms with Gasteiger partial charge in [-0.1, -0.05) is 36.4 Å². The number of ether oxygens (including phenoxy) is 2. The second kappa shape index (κ2) is 6.23. The number of hydrogen-bond donors (Lipinski definition) is 1. The molecule has 7 rings (SSSR count). The third-order valence-electron chi connectivity index (χ3n) is 7.09. The largest absolute Gasteiger partial charge is 0.393 e. The lowest BCUT2D eigenvalue weighted by Gasteiger charge is -2.57. The molecule has 6 atom stereocenters. The first-order valence-corrected chi connectivity index (χ1v) is 10.9. The Kier molecular flexibility index (Phi) is 3.72. The lowest BCUT2D eigenvalue weighted by atomic mass is 9.43. The van der Waals surface area contributed by atoms with Crippen LogP contribution in [-0.2, 0) is 34.1 Å². The van der Waals surface area contributed by atoms with Crippen molar-refractivity contribution in [2.45, 2.75) is 11.0 Å². The maximum atomic E-state index is 13.1. The van der Waals surface area contributed by atoms with Gasteiger partial charge in [0.2, 0.25) is 0 Å². The van der Waals surface area contributed by atoms with E-state index in [1.165, 1.54) is 11.3 Å². The summed E-state index contributed by atoms with van der Waals surface area (Å²) in [7, 11) is 0. The van der Waals surface area contributed by atoms with Gasteiger partial charge in [-0.05, 0) is 23.6 Å². The smallest absolute Gasteiger partial charge is 0.320 e. The molecule has 0 spiro atoms. The average Bonchev–Trinajstić information content (AvgIpc) is 3.50. The molecule has 32 heavy (non-hydrogen) atoms. The molecule has 1 saturated carbocycles. The number of esters is 4. The number of hydrogen-bond acceptors (Lipinski definition) is 8. The summed E-state index contributed by atoms with van der Waals surface area (Å²) >= 11 is 1.31. The molecule has 1 N–H and O–H groups in total. The molecule has 3 fully saturated rings. The van der Waals surface area contributed by atoms with Crippen LogP contribution in [0.25, 0.3) is 0 Å². The predicted molar refractivity (Wildman–Crippen MR) is 108 cm³/mol. The van der Waals surface area contributed by atoms with E-state index in [9.17, 15) is 24.0 Å². The topological polar surface area (TPSA) is 116 Å². The molecule has 1 amide bonds. The van der Waals surface area contributed by atoms with Gasteiger partial charge in [0.1, 0.15) is 0 Å². The SMILES string of the molecule is O=C(NC12C=CC(c3cccs3)([C@@H]3C(=O)OC(=O)[C@@H]31)[C@H]1C(=O)OC(=O)[C@H]12)c1ccccc1. The van der Waals surface area contributed by atoms with Crippen LogP contribution >= 0.6 is 11.3 Å². The minimum absolute atomic E-state index is 0.305. The summed E-state index contributed by atoms with van der Waals surface area (Å²) in [6.45, 7) is 0. The molecule has 2 aromatic rings. The summed E-state index contributed by atoms with van der Waals surface area (Å²) in [6.07, 6.45) is 3.25. The van der Waals surface area contributed by atoms with Gasteiger partial charge in [0.15, 0.2) is 0 Å². The molecule has 1 aromatic carbocycles. The maximum absolute atomic E-state index is 13.1. The van der Waals surface area contributed by atoms with E-state index in [2.05, 4.69) is 5.32 Å².